The molecular weight excluding hydrogens is 403 g/mol. The van der Waals surface area contributed by atoms with E-state index in [-0.39, 0.29) is 29.7 Å². The average Bonchev–Trinajstić information content (AvgIpc) is 2.45. The number of alkyl halides is 2. The molecule has 0 aliphatic carbocycles. The van der Waals surface area contributed by atoms with Gasteiger partial charge < -0.3 is 15.0 Å². The molecule has 1 aromatic rings. The molecule has 0 saturated carbocycles. The predicted octanol–water partition coefficient (Wildman–Crippen LogP) is 3.71. The zero-order valence-electron chi connectivity index (χ0n) is 13.2. The molecule has 0 fully saturated rings. The van der Waals surface area contributed by atoms with Crippen LogP contribution in [0, 0.1) is 0 Å². The first-order valence-electron chi connectivity index (χ1n) is 7.02. The molecule has 22 heavy (non-hydrogen) atoms. The van der Waals surface area contributed by atoms with E-state index in [1.54, 1.807) is 31.3 Å². The minimum atomic E-state index is -2.79. The van der Waals surface area contributed by atoms with Gasteiger partial charge in [0, 0.05) is 27.2 Å². The van der Waals surface area contributed by atoms with E-state index >= 15 is 0 Å². The summed E-state index contributed by atoms with van der Waals surface area (Å²) in [6.07, 6.45) is 2.21. The summed E-state index contributed by atoms with van der Waals surface area (Å²) < 4.78 is 28.5. The second kappa shape index (κ2) is 11.4. The lowest BCUT2D eigenvalue weighted by Crippen LogP contribution is -2.38. The van der Waals surface area contributed by atoms with Crippen LogP contribution in [0.5, 0.6) is 5.75 Å². The number of hydrogen-bond donors (Lipinski definition) is 1. The van der Waals surface area contributed by atoms with Gasteiger partial charge >= 0.3 is 6.61 Å². The molecule has 1 rings (SSSR count). The Bertz CT molecular complexity index is 441. The summed E-state index contributed by atoms with van der Waals surface area (Å²) in [5, 5.41) is 3.28. The van der Waals surface area contributed by atoms with Gasteiger partial charge in [-0.1, -0.05) is 25.5 Å². The molecule has 0 aliphatic heterocycles. The molecule has 0 heterocycles. The highest BCUT2D eigenvalue weighted by atomic mass is 127. The van der Waals surface area contributed by atoms with Crippen LogP contribution in [0.2, 0.25) is 0 Å². The largest absolute Gasteiger partial charge is 0.435 e. The van der Waals surface area contributed by atoms with Crippen molar-refractivity contribution < 1.29 is 13.5 Å². The van der Waals surface area contributed by atoms with Gasteiger partial charge in [0.05, 0.1) is 0 Å². The van der Waals surface area contributed by atoms with Crippen LogP contribution in [0.1, 0.15) is 25.3 Å². The van der Waals surface area contributed by atoms with Crippen molar-refractivity contribution >= 4 is 29.9 Å². The molecule has 126 valence electrons. The van der Waals surface area contributed by atoms with Crippen LogP contribution >= 0.6 is 24.0 Å². The lowest BCUT2D eigenvalue weighted by Gasteiger charge is -2.22. The predicted molar refractivity (Wildman–Crippen MR) is 96.2 cm³/mol. The number of guanidine groups is 1. The maximum atomic E-state index is 12.1. The van der Waals surface area contributed by atoms with Crippen molar-refractivity contribution in [3.05, 3.63) is 29.8 Å². The van der Waals surface area contributed by atoms with E-state index in [1.165, 1.54) is 0 Å². The second-order valence-corrected chi connectivity index (χ2v) is 4.71. The molecule has 1 N–H and O–H groups in total. The van der Waals surface area contributed by atoms with E-state index in [9.17, 15) is 8.78 Å². The van der Waals surface area contributed by atoms with Crippen LogP contribution in [-0.2, 0) is 6.54 Å². The average molecular weight is 427 g/mol. The first-order valence-corrected chi connectivity index (χ1v) is 7.02. The van der Waals surface area contributed by atoms with Gasteiger partial charge in [0.2, 0.25) is 0 Å². The zero-order chi connectivity index (χ0) is 15.7. The van der Waals surface area contributed by atoms with Gasteiger partial charge in [-0.05, 0) is 24.1 Å². The fraction of sp³-hybridized carbons (Fsp3) is 0.533. The maximum absolute atomic E-state index is 12.1. The van der Waals surface area contributed by atoms with Crippen molar-refractivity contribution in [1.29, 1.82) is 0 Å². The number of halogens is 3. The lowest BCUT2D eigenvalue weighted by atomic mass is 10.2. The molecule has 0 unspecified atom stereocenters. The fourth-order valence-corrected chi connectivity index (χ4v) is 1.89. The minimum Gasteiger partial charge on any atom is -0.435 e. The number of aliphatic imine (C=N–C) groups is 1. The second-order valence-electron chi connectivity index (χ2n) is 4.71. The highest BCUT2D eigenvalue weighted by Gasteiger charge is 2.07. The van der Waals surface area contributed by atoms with Crippen molar-refractivity contribution in [2.24, 2.45) is 4.99 Å². The monoisotopic (exact) mass is 427 g/mol. The molecule has 0 aliphatic rings. The third-order valence-corrected chi connectivity index (χ3v) is 2.96. The van der Waals surface area contributed by atoms with Crippen molar-refractivity contribution in [3.8, 4) is 5.75 Å². The number of benzene rings is 1. The van der Waals surface area contributed by atoms with E-state index in [0.717, 1.165) is 30.9 Å². The van der Waals surface area contributed by atoms with Crippen LogP contribution in [0.4, 0.5) is 8.78 Å². The zero-order valence-corrected chi connectivity index (χ0v) is 15.5. The molecule has 0 atom stereocenters. The summed E-state index contributed by atoms with van der Waals surface area (Å²) in [6.45, 7) is 0.868. The molecule has 0 spiro atoms. The number of rotatable bonds is 7. The molecule has 1 aromatic carbocycles. The summed E-state index contributed by atoms with van der Waals surface area (Å²) in [6, 6.07) is 6.63. The topological polar surface area (TPSA) is 36.9 Å². The Morgan fingerprint density at radius 3 is 2.45 bits per heavy atom. The lowest BCUT2D eigenvalue weighted by molar-refractivity contribution is -0.0498. The summed E-state index contributed by atoms with van der Waals surface area (Å²) in [4.78, 5) is 6.21. The number of nitrogens with one attached hydrogen (secondary N) is 1. The first-order chi connectivity index (χ1) is 10.1. The van der Waals surface area contributed by atoms with E-state index in [0.29, 0.717) is 6.54 Å². The summed E-state index contributed by atoms with van der Waals surface area (Å²) in [5.41, 5.74) is 0.998. The van der Waals surface area contributed by atoms with E-state index in [1.807, 2.05) is 11.9 Å². The molecule has 0 amide bonds. The van der Waals surface area contributed by atoms with Crippen molar-refractivity contribution in [2.75, 3.05) is 20.6 Å². The summed E-state index contributed by atoms with van der Waals surface area (Å²) in [7, 11) is 3.68. The van der Waals surface area contributed by atoms with Gasteiger partial charge in [-0.3, -0.25) is 4.99 Å². The van der Waals surface area contributed by atoms with E-state index in [4.69, 9.17) is 0 Å². The Kier molecular flexibility index (Phi) is 10.9. The Balaban J connectivity index is 0.00000441. The highest BCUT2D eigenvalue weighted by molar-refractivity contribution is 14.0. The van der Waals surface area contributed by atoms with Crippen LogP contribution < -0.4 is 10.1 Å². The fourth-order valence-electron chi connectivity index (χ4n) is 1.89. The van der Waals surface area contributed by atoms with Gasteiger partial charge in [-0.2, -0.15) is 8.78 Å². The van der Waals surface area contributed by atoms with E-state index < -0.39 is 6.61 Å². The van der Waals surface area contributed by atoms with Crippen molar-refractivity contribution in [1.82, 2.24) is 10.2 Å². The van der Waals surface area contributed by atoms with Gasteiger partial charge in [0.25, 0.3) is 0 Å². The van der Waals surface area contributed by atoms with Crippen LogP contribution in [0.25, 0.3) is 0 Å². The summed E-state index contributed by atoms with van der Waals surface area (Å²) in [5.74, 6) is 0.984. The smallest absolute Gasteiger partial charge is 0.387 e. The van der Waals surface area contributed by atoms with Gasteiger partial charge in [-0.15, -0.1) is 24.0 Å². The number of ether oxygens (including phenoxy) is 1. The van der Waals surface area contributed by atoms with Crippen LogP contribution in [-0.4, -0.2) is 38.1 Å². The number of hydrogen-bond acceptors (Lipinski definition) is 2. The van der Waals surface area contributed by atoms with Crippen molar-refractivity contribution in [2.45, 2.75) is 32.9 Å². The van der Waals surface area contributed by atoms with E-state index in [2.05, 4.69) is 22.0 Å². The van der Waals surface area contributed by atoms with Crippen LogP contribution in [0.3, 0.4) is 0 Å². The Morgan fingerprint density at radius 2 is 1.95 bits per heavy atom. The maximum Gasteiger partial charge on any atom is 0.387 e. The van der Waals surface area contributed by atoms with Gasteiger partial charge in [0.1, 0.15) is 5.75 Å². The van der Waals surface area contributed by atoms with Gasteiger partial charge in [-0.25, -0.2) is 0 Å². The molecule has 0 saturated heterocycles. The molecule has 0 aromatic heterocycles. The number of nitrogens with zero attached hydrogens (tertiary/aromatic N) is 2. The SMILES string of the molecule is CCCCNC(=NC)N(C)Cc1ccc(OC(F)F)cc1.I. The highest BCUT2D eigenvalue weighted by Crippen LogP contribution is 2.15. The Morgan fingerprint density at radius 1 is 1.32 bits per heavy atom. The molecule has 4 nitrogen and oxygen atoms in total. The quantitative estimate of drug-likeness (QED) is 0.312. The standard InChI is InChI=1S/C15H23F2N3O.HI/c1-4-5-10-19-15(18-2)20(3)11-12-6-8-13(9-7-12)21-14(16)17;/h6-9,14H,4-5,10-11H2,1-3H3,(H,18,19);1H. The third-order valence-electron chi connectivity index (χ3n) is 2.96. The summed E-state index contributed by atoms with van der Waals surface area (Å²) >= 11 is 0. The molecular formula is C15H24F2IN3O. The van der Waals surface area contributed by atoms with Crippen molar-refractivity contribution in [3.63, 3.8) is 0 Å². The third kappa shape index (κ3) is 7.77. The van der Waals surface area contributed by atoms with Gasteiger partial charge in [0.15, 0.2) is 5.96 Å². The first kappa shape index (κ1) is 20.9. The molecule has 7 heteroatoms. The van der Waals surface area contributed by atoms with Crippen LogP contribution in [0.15, 0.2) is 29.3 Å². The Labute approximate surface area is 148 Å². The molecule has 0 bridgehead atoms. The number of unbranched alkanes of at least 4 members (excludes halogenated alkanes) is 1. The minimum absolute atomic E-state index is 0. The Hall–Kier alpha value is -1.12. The normalized spacial score (nSPS) is 11.1. The molecule has 0 radical (unpaired) electrons.